The molecule has 4 nitrogen and oxygen atoms in total. The van der Waals surface area contributed by atoms with Crippen LogP contribution in [0.3, 0.4) is 0 Å². The van der Waals surface area contributed by atoms with Gasteiger partial charge >= 0.3 is 5.97 Å². The molecule has 3 saturated carbocycles. The van der Waals surface area contributed by atoms with Gasteiger partial charge in [-0.2, -0.15) is 0 Å². The predicted molar refractivity (Wildman–Crippen MR) is 124 cm³/mol. The minimum Gasteiger partial charge on any atom is -0.456 e. The second kappa shape index (κ2) is 7.91. The molecule has 0 spiro atoms. The molecule has 1 aromatic carbocycles. The van der Waals surface area contributed by atoms with E-state index in [1.807, 2.05) is 0 Å². The van der Waals surface area contributed by atoms with Crippen molar-refractivity contribution in [1.82, 2.24) is 0 Å². The number of aliphatic hydroxyl groups is 2. The van der Waals surface area contributed by atoms with Crippen LogP contribution in [0, 0.1) is 34.4 Å². The Hall–Kier alpha value is -1.72. The van der Waals surface area contributed by atoms with Crippen LogP contribution in [0.2, 0.25) is 0 Å². The Labute approximate surface area is 196 Å². The molecule has 5 heteroatoms. The number of hydrogen-bond acceptors (Lipinski definition) is 4. The Morgan fingerprint density at radius 2 is 1.91 bits per heavy atom. The van der Waals surface area contributed by atoms with E-state index in [9.17, 15) is 19.4 Å². The van der Waals surface area contributed by atoms with Gasteiger partial charge in [0.15, 0.2) is 0 Å². The summed E-state index contributed by atoms with van der Waals surface area (Å²) in [5, 5.41) is 22.2. The zero-order valence-corrected chi connectivity index (χ0v) is 20.0. The third-order valence-electron chi connectivity index (χ3n) is 10.3. The van der Waals surface area contributed by atoms with Crippen LogP contribution in [0.5, 0.6) is 0 Å². The van der Waals surface area contributed by atoms with Crippen molar-refractivity contribution in [3.05, 3.63) is 47.3 Å². The van der Waals surface area contributed by atoms with Gasteiger partial charge in [-0.05, 0) is 99.7 Å². The second-order valence-electron chi connectivity index (χ2n) is 11.6. The van der Waals surface area contributed by atoms with E-state index < -0.39 is 23.5 Å². The molecular formula is C28H37FO4. The summed E-state index contributed by atoms with van der Waals surface area (Å²) in [7, 11) is 0. The largest absolute Gasteiger partial charge is 0.456 e. The van der Waals surface area contributed by atoms with E-state index in [-0.39, 0.29) is 22.5 Å². The Morgan fingerprint density at radius 1 is 1.15 bits per heavy atom. The van der Waals surface area contributed by atoms with Gasteiger partial charge in [0.25, 0.3) is 0 Å². The molecule has 0 unspecified atom stereocenters. The first-order valence-corrected chi connectivity index (χ1v) is 12.6. The van der Waals surface area contributed by atoms with Gasteiger partial charge < -0.3 is 14.9 Å². The fraction of sp³-hybridized carbons (Fsp3) is 0.679. The number of carbonyl (C=O) groups is 1. The molecule has 4 aliphatic rings. The zero-order chi connectivity index (χ0) is 23.6. The van der Waals surface area contributed by atoms with Crippen LogP contribution < -0.4 is 0 Å². The summed E-state index contributed by atoms with van der Waals surface area (Å²) >= 11 is 0. The van der Waals surface area contributed by atoms with Crippen LogP contribution in [0.4, 0.5) is 4.39 Å². The monoisotopic (exact) mass is 456 g/mol. The first-order chi connectivity index (χ1) is 15.6. The number of allylic oxidation sites excluding steroid dienone is 1. The topological polar surface area (TPSA) is 66.8 Å². The highest BCUT2D eigenvalue weighted by atomic mass is 19.1. The maximum atomic E-state index is 13.6. The minimum atomic E-state index is -1.10. The van der Waals surface area contributed by atoms with Crippen molar-refractivity contribution in [3.8, 4) is 0 Å². The molecule has 1 aromatic rings. The zero-order valence-electron chi connectivity index (χ0n) is 20.0. The molecule has 0 amide bonds. The highest BCUT2D eigenvalue weighted by Gasteiger charge is 2.65. The lowest BCUT2D eigenvalue weighted by atomic mass is 9.46. The Balaban J connectivity index is 1.37. The molecule has 0 bridgehead atoms. The summed E-state index contributed by atoms with van der Waals surface area (Å²) in [4.78, 5) is 12.7. The average molecular weight is 457 g/mol. The van der Waals surface area contributed by atoms with Crippen molar-refractivity contribution in [1.29, 1.82) is 0 Å². The van der Waals surface area contributed by atoms with Crippen LogP contribution in [-0.2, 0) is 4.74 Å². The van der Waals surface area contributed by atoms with E-state index in [1.165, 1.54) is 23.8 Å². The maximum Gasteiger partial charge on any atom is 0.338 e. The van der Waals surface area contributed by atoms with Crippen molar-refractivity contribution < 1.29 is 24.1 Å². The minimum absolute atomic E-state index is 0.152. The lowest BCUT2D eigenvalue weighted by molar-refractivity contribution is -0.171. The molecule has 180 valence electrons. The maximum absolute atomic E-state index is 13.6. The van der Waals surface area contributed by atoms with Crippen molar-refractivity contribution in [2.75, 3.05) is 0 Å². The van der Waals surface area contributed by atoms with Crippen LogP contribution in [0.15, 0.2) is 35.9 Å². The molecule has 5 rings (SSSR count). The molecule has 2 N–H and O–H groups in total. The number of carbonyl (C=O) groups excluding carboxylic acids is 1. The Kier molecular flexibility index (Phi) is 5.52. The van der Waals surface area contributed by atoms with Crippen LogP contribution in [-0.4, -0.2) is 34.0 Å². The van der Waals surface area contributed by atoms with Crippen molar-refractivity contribution >= 4 is 5.97 Å². The van der Waals surface area contributed by atoms with Crippen LogP contribution in [0.1, 0.15) is 82.5 Å². The number of hydrogen-bond donors (Lipinski definition) is 2. The van der Waals surface area contributed by atoms with Crippen LogP contribution >= 0.6 is 0 Å². The molecule has 4 aliphatic carbocycles. The number of rotatable bonds is 3. The summed E-state index contributed by atoms with van der Waals surface area (Å²) < 4.78 is 19.3. The van der Waals surface area contributed by atoms with Crippen molar-refractivity contribution in [2.24, 2.45) is 28.6 Å². The van der Waals surface area contributed by atoms with E-state index in [2.05, 4.69) is 19.9 Å². The summed E-state index contributed by atoms with van der Waals surface area (Å²) in [6.07, 6.45) is 8.73. The second-order valence-corrected chi connectivity index (χ2v) is 11.6. The van der Waals surface area contributed by atoms with Crippen LogP contribution in [0.25, 0.3) is 0 Å². The van der Waals surface area contributed by atoms with Gasteiger partial charge in [0.2, 0.25) is 0 Å². The van der Waals surface area contributed by atoms with Crippen molar-refractivity contribution in [3.63, 3.8) is 0 Å². The van der Waals surface area contributed by atoms with E-state index in [4.69, 9.17) is 4.74 Å². The highest BCUT2D eigenvalue weighted by Crippen LogP contribution is 2.67. The quantitative estimate of drug-likeness (QED) is 0.470. The van der Waals surface area contributed by atoms with E-state index in [0.717, 1.165) is 44.9 Å². The predicted octanol–water partition coefficient (Wildman–Crippen LogP) is 5.43. The Bertz CT molecular complexity index is 974. The number of ether oxygens (including phenoxy) is 1. The van der Waals surface area contributed by atoms with Gasteiger partial charge in [-0.1, -0.05) is 31.6 Å². The van der Waals surface area contributed by atoms with E-state index >= 15 is 0 Å². The van der Waals surface area contributed by atoms with E-state index in [1.54, 1.807) is 13.0 Å². The van der Waals surface area contributed by atoms with Gasteiger partial charge in [-0.3, -0.25) is 0 Å². The third kappa shape index (κ3) is 3.41. The number of benzene rings is 1. The molecule has 8 atom stereocenters. The van der Waals surface area contributed by atoms with Gasteiger partial charge in [-0.25, -0.2) is 9.18 Å². The summed E-state index contributed by atoms with van der Waals surface area (Å²) in [5.41, 5.74) is 0.341. The summed E-state index contributed by atoms with van der Waals surface area (Å²) in [5.74, 6) is 0.395. The average Bonchev–Trinajstić information content (AvgIpc) is 3.06. The standard InChI is InChI=1S/C28H37FO4/c1-17(33-25(31)18-5-4-6-20(29)15-18)28(32)14-11-24-22-8-7-19-16-21(30)9-12-26(19,2)23(22)10-13-27(24,28)3/h4-7,15,17,21-24,30,32H,8-14,16H2,1-3H3/t17-,21+,22-,23+,24+,26+,27+,28+/m1/s1. The SMILES string of the molecule is C[C@@H](OC(=O)c1cccc(F)c1)[C@@]1(O)CC[C@H]2[C@@H]3CC=C4C[C@@H](O)CC[C@]4(C)[C@H]3CC[C@@]21C. The number of esters is 1. The molecule has 0 heterocycles. The summed E-state index contributed by atoms with van der Waals surface area (Å²) in [6.45, 7) is 6.38. The molecule has 0 radical (unpaired) electrons. The number of halogens is 1. The van der Waals surface area contributed by atoms with Gasteiger partial charge in [0, 0.05) is 5.41 Å². The fourth-order valence-corrected chi connectivity index (χ4v) is 8.30. The van der Waals surface area contributed by atoms with Crippen molar-refractivity contribution in [2.45, 2.75) is 89.9 Å². The molecule has 3 fully saturated rings. The fourth-order valence-electron chi connectivity index (χ4n) is 8.30. The normalized spacial score (nSPS) is 43.0. The lowest BCUT2D eigenvalue weighted by Crippen LogP contribution is -2.58. The smallest absolute Gasteiger partial charge is 0.338 e. The molecule has 0 saturated heterocycles. The molecule has 33 heavy (non-hydrogen) atoms. The third-order valence-corrected chi connectivity index (χ3v) is 10.3. The van der Waals surface area contributed by atoms with Gasteiger partial charge in [0.05, 0.1) is 11.7 Å². The summed E-state index contributed by atoms with van der Waals surface area (Å²) in [6, 6.07) is 5.51. The van der Waals surface area contributed by atoms with E-state index in [0.29, 0.717) is 24.2 Å². The first kappa shape index (κ1) is 23.0. The first-order valence-electron chi connectivity index (χ1n) is 12.6. The number of fused-ring (bicyclic) bond motifs is 5. The highest BCUT2D eigenvalue weighted by molar-refractivity contribution is 5.89. The molecular weight excluding hydrogens is 419 g/mol. The van der Waals surface area contributed by atoms with Gasteiger partial charge in [0.1, 0.15) is 17.5 Å². The molecule has 0 aromatic heterocycles. The Morgan fingerprint density at radius 3 is 2.67 bits per heavy atom. The van der Waals surface area contributed by atoms with Gasteiger partial charge in [-0.15, -0.1) is 0 Å². The lowest BCUT2D eigenvalue weighted by Gasteiger charge is -2.59. The molecule has 0 aliphatic heterocycles. The number of aliphatic hydroxyl groups excluding tert-OH is 1.